The number of hydrogen-bond acceptors (Lipinski definition) is 4. The zero-order chi connectivity index (χ0) is 13.2. The molecule has 104 valence electrons. The number of aromatic nitrogens is 1. The molecule has 0 amide bonds. The van der Waals surface area contributed by atoms with Crippen LogP contribution in [0.3, 0.4) is 0 Å². The van der Waals surface area contributed by atoms with Gasteiger partial charge in [-0.2, -0.15) is 11.8 Å². The third-order valence-corrected chi connectivity index (χ3v) is 5.34. The zero-order valence-electron chi connectivity index (χ0n) is 11.2. The lowest BCUT2D eigenvalue weighted by molar-refractivity contribution is 0.663. The average molecular weight is 298 g/mol. The Bertz CT molecular complexity index is 444. The quantitative estimate of drug-likeness (QED) is 0.904. The minimum absolute atomic E-state index is 0.614. The van der Waals surface area contributed by atoms with Crippen LogP contribution in [-0.4, -0.2) is 35.6 Å². The van der Waals surface area contributed by atoms with E-state index < -0.39 is 0 Å². The summed E-state index contributed by atoms with van der Waals surface area (Å²) < 4.78 is 0. The van der Waals surface area contributed by atoms with Crippen LogP contribution >= 0.6 is 23.4 Å². The molecule has 1 aliphatic heterocycles. The zero-order valence-corrected chi connectivity index (χ0v) is 12.8. The van der Waals surface area contributed by atoms with Crippen LogP contribution in [-0.2, 0) is 6.54 Å². The molecule has 0 radical (unpaired) electrons. The van der Waals surface area contributed by atoms with E-state index >= 15 is 0 Å². The summed E-state index contributed by atoms with van der Waals surface area (Å²) in [5.74, 6) is 3.51. The minimum atomic E-state index is 0.614. The van der Waals surface area contributed by atoms with Crippen molar-refractivity contribution in [1.82, 2.24) is 10.3 Å². The van der Waals surface area contributed by atoms with Gasteiger partial charge in [0.25, 0.3) is 0 Å². The van der Waals surface area contributed by atoms with Crippen molar-refractivity contribution >= 4 is 29.2 Å². The number of pyridine rings is 1. The van der Waals surface area contributed by atoms with Crippen molar-refractivity contribution in [2.75, 3.05) is 23.5 Å². The van der Waals surface area contributed by atoms with Crippen LogP contribution < -0.4 is 10.2 Å². The number of thioether (sulfide) groups is 1. The van der Waals surface area contributed by atoms with Crippen LogP contribution in [0, 0.1) is 0 Å². The number of nitrogens with zero attached hydrogens (tertiary/aromatic N) is 2. The first kappa shape index (κ1) is 13.5. The van der Waals surface area contributed by atoms with Gasteiger partial charge in [0.05, 0.1) is 10.7 Å². The first-order valence-electron chi connectivity index (χ1n) is 6.93. The molecule has 1 saturated heterocycles. The number of nitrogens with one attached hydrogen (secondary N) is 1. The molecule has 5 heteroatoms. The summed E-state index contributed by atoms with van der Waals surface area (Å²) in [5, 5.41) is 4.25. The van der Waals surface area contributed by atoms with Crippen molar-refractivity contribution in [2.45, 2.75) is 37.9 Å². The monoisotopic (exact) mass is 297 g/mol. The molecular weight excluding hydrogens is 278 g/mol. The molecule has 1 N–H and O–H groups in total. The molecule has 3 nitrogen and oxygen atoms in total. The summed E-state index contributed by atoms with van der Waals surface area (Å²) in [7, 11) is 2.14. The van der Waals surface area contributed by atoms with E-state index in [-0.39, 0.29) is 0 Å². The van der Waals surface area contributed by atoms with Gasteiger partial charge in [0.15, 0.2) is 0 Å². The van der Waals surface area contributed by atoms with Crippen molar-refractivity contribution in [3.8, 4) is 0 Å². The summed E-state index contributed by atoms with van der Waals surface area (Å²) in [4.78, 5) is 7.04. The van der Waals surface area contributed by atoms with Crippen LogP contribution in [0.5, 0.6) is 0 Å². The predicted molar refractivity (Wildman–Crippen MR) is 83.2 cm³/mol. The largest absolute Gasteiger partial charge is 0.356 e. The third-order valence-electron chi connectivity index (χ3n) is 3.85. The van der Waals surface area contributed by atoms with E-state index in [4.69, 9.17) is 16.6 Å². The van der Waals surface area contributed by atoms with Crippen LogP contribution in [0.15, 0.2) is 12.1 Å². The van der Waals surface area contributed by atoms with E-state index in [0.717, 1.165) is 23.1 Å². The van der Waals surface area contributed by atoms with Crippen LogP contribution in [0.4, 0.5) is 5.82 Å². The van der Waals surface area contributed by atoms with E-state index in [1.807, 2.05) is 23.9 Å². The highest BCUT2D eigenvalue weighted by Crippen LogP contribution is 2.27. The highest BCUT2D eigenvalue weighted by molar-refractivity contribution is 7.99. The Kier molecular flexibility index (Phi) is 4.20. The molecule has 1 aromatic heterocycles. The van der Waals surface area contributed by atoms with Crippen LogP contribution in [0.25, 0.3) is 0 Å². The van der Waals surface area contributed by atoms with Crippen molar-refractivity contribution in [2.24, 2.45) is 0 Å². The normalized spacial score (nSPS) is 22.7. The van der Waals surface area contributed by atoms with Gasteiger partial charge >= 0.3 is 0 Å². The lowest BCUT2D eigenvalue weighted by atomic mass is 10.2. The Morgan fingerprint density at radius 2 is 2.26 bits per heavy atom. The fourth-order valence-electron chi connectivity index (χ4n) is 2.34. The summed E-state index contributed by atoms with van der Waals surface area (Å²) >= 11 is 8.27. The van der Waals surface area contributed by atoms with Crippen LogP contribution in [0.1, 0.15) is 25.0 Å². The van der Waals surface area contributed by atoms with E-state index in [2.05, 4.69) is 17.3 Å². The van der Waals surface area contributed by atoms with E-state index in [1.54, 1.807) is 0 Å². The summed E-state index contributed by atoms with van der Waals surface area (Å²) in [6.45, 7) is 0.782. The maximum atomic E-state index is 6.24. The molecule has 1 atom stereocenters. The molecule has 1 unspecified atom stereocenters. The molecule has 1 saturated carbocycles. The van der Waals surface area contributed by atoms with Crippen molar-refractivity contribution in [3.05, 3.63) is 22.8 Å². The molecule has 3 rings (SSSR count). The number of rotatable bonds is 5. The molecule has 0 bridgehead atoms. The Morgan fingerprint density at radius 1 is 1.42 bits per heavy atom. The highest BCUT2D eigenvalue weighted by atomic mass is 35.5. The molecular formula is C14H20ClN3S. The van der Waals surface area contributed by atoms with Gasteiger partial charge in [-0.1, -0.05) is 11.6 Å². The summed E-state index contributed by atoms with van der Waals surface area (Å²) in [6.07, 6.45) is 3.83. The minimum Gasteiger partial charge on any atom is -0.356 e. The Morgan fingerprint density at radius 3 is 2.95 bits per heavy atom. The Balaban J connectivity index is 1.71. The van der Waals surface area contributed by atoms with Crippen molar-refractivity contribution in [1.29, 1.82) is 0 Å². The highest BCUT2D eigenvalue weighted by Gasteiger charge is 2.23. The number of halogens is 1. The van der Waals surface area contributed by atoms with E-state index in [1.165, 1.54) is 30.8 Å². The molecule has 0 spiro atoms. The Labute approximate surface area is 124 Å². The SMILES string of the molecule is CN(c1ccc(Cl)c(CNC2CC2)n1)C1CCSC1. The molecule has 1 aliphatic carbocycles. The predicted octanol–water partition coefficient (Wildman–Crippen LogP) is 2.93. The fraction of sp³-hybridized carbons (Fsp3) is 0.643. The molecule has 19 heavy (non-hydrogen) atoms. The third kappa shape index (κ3) is 3.36. The maximum absolute atomic E-state index is 6.24. The van der Waals surface area contributed by atoms with Gasteiger partial charge in [0, 0.05) is 31.4 Å². The van der Waals surface area contributed by atoms with Gasteiger partial charge < -0.3 is 10.2 Å². The smallest absolute Gasteiger partial charge is 0.128 e. The average Bonchev–Trinajstić information content (AvgIpc) is 3.09. The number of hydrogen-bond donors (Lipinski definition) is 1. The van der Waals surface area contributed by atoms with Crippen molar-refractivity contribution < 1.29 is 0 Å². The van der Waals surface area contributed by atoms with Gasteiger partial charge in [-0.3, -0.25) is 0 Å². The second-order valence-electron chi connectivity index (χ2n) is 5.38. The lowest BCUT2D eigenvalue weighted by Gasteiger charge is -2.25. The maximum Gasteiger partial charge on any atom is 0.128 e. The van der Waals surface area contributed by atoms with Gasteiger partial charge in [-0.25, -0.2) is 4.98 Å². The second kappa shape index (κ2) is 5.90. The molecule has 2 fully saturated rings. The van der Waals surface area contributed by atoms with Crippen molar-refractivity contribution in [3.63, 3.8) is 0 Å². The van der Waals surface area contributed by atoms with Gasteiger partial charge in [-0.15, -0.1) is 0 Å². The molecule has 0 aromatic carbocycles. The van der Waals surface area contributed by atoms with Gasteiger partial charge in [0.2, 0.25) is 0 Å². The summed E-state index contributed by atoms with van der Waals surface area (Å²) in [5.41, 5.74) is 0.976. The second-order valence-corrected chi connectivity index (χ2v) is 6.94. The first-order valence-corrected chi connectivity index (χ1v) is 8.46. The van der Waals surface area contributed by atoms with E-state index in [9.17, 15) is 0 Å². The molecule has 2 heterocycles. The Hall–Kier alpha value is -0.450. The topological polar surface area (TPSA) is 28.2 Å². The number of anilines is 1. The standard InChI is InChI=1S/C14H20ClN3S/c1-18(11-6-7-19-9-11)14-5-4-12(15)13(17-14)8-16-10-2-3-10/h4-5,10-11,16H,2-3,6-9H2,1H3. The lowest BCUT2D eigenvalue weighted by Crippen LogP contribution is -2.32. The van der Waals surface area contributed by atoms with Gasteiger partial charge in [-0.05, 0) is 37.1 Å². The van der Waals surface area contributed by atoms with Crippen LogP contribution in [0.2, 0.25) is 5.02 Å². The molecule has 1 aromatic rings. The molecule has 2 aliphatic rings. The van der Waals surface area contributed by atoms with E-state index in [0.29, 0.717) is 12.1 Å². The fourth-order valence-corrected chi connectivity index (χ4v) is 3.78. The first-order chi connectivity index (χ1) is 9.24. The summed E-state index contributed by atoms with van der Waals surface area (Å²) in [6, 6.07) is 5.31. The van der Waals surface area contributed by atoms with Gasteiger partial charge in [0.1, 0.15) is 5.82 Å².